The summed E-state index contributed by atoms with van der Waals surface area (Å²) in [4.78, 5) is 0. The van der Waals surface area contributed by atoms with E-state index in [1.165, 1.54) is 0 Å². The van der Waals surface area contributed by atoms with Crippen LogP contribution in [-0.2, 0) is 0 Å². The molecule has 0 bridgehead atoms. The molecule has 1 atom stereocenters. The quantitative estimate of drug-likeness (QED) is 0.913. The van der Waals surface area contributed by atoms with E-state index in [0.717, 1.165) is 0 Å². The van der Waals surface area contributed by atoms with Gasteiger partial charge < -0.3 is 9.52 Å². The molecule has 0 aliphatic heterocycles. The molecular formula is C13H12BrFO2. The Morgan fingerprint density at radius 3 is 2.29 bits per heavy atom. The summed E-state index contributed by atoms with van der Waals surface area (Å²) in [5, 5.41) is 10.1. The first-order valence-electron chi connectivity index (χ1n) is 5.19. The molecule has 1 aromatic carbocycles. The second-order valence-corrected chi connectivity index (χ2v) is 4.79. The standard InChI is InChI=1S/C13H12BrFO2/c1-7-5-9(6-8(2)12(7)15)13(16)10-3-4-11(14)17-10/h3-6,13,16H,1-2H3. The fourth-order valence-corrected chi connectivity index (χ4v) is 2.10. The molecule has 1 heterocycles. The first-order valence-corrected chi connectivity index (χ1v) is 5.98. The second kappa shape index (κ2) is 4.63. The van der Waals surface area contributed by atoms with Gasteiger partial charge in [0.15, 0.2) is 4.67 Å². The maximum atomic E-state index is 13.5. The van der Waals surface area contributed by atoms with E-state index in [1.807, 2.05) is 0 Å². The third-order valence-corrected chi connectivity index (χ3v) is 3.06. The van der Waals surface area contributed by atoms with Gasteiger partial charge in [-0.15, -0.1) is 0 Å². The van der Waals surface area contributed by atoms with Crippen LogP contribution in [0.5, 0.6) is 0 Å². The van der Waals surface area contributed by atoms with E-state index < -0.39 is 6.10 Å². The highest BCUT2D eigenvalue weighted by Gasteiger charge is 2.16. The summed E-state index contributed by atoms with van der Waals surface area (Å²) in [5.41, 5.74) is 1.66. The van der Waals surface area contributed by atoms with Crippen molar-refractivity contribution in [1.29, 1.82) is 0 Å². The van der Waals surface area contributed by atoms with E-state index in [-0.39, 0.29) is 5.82 Å². The molecule has 2 aromatic rings. The van der Waals surface area contributed by atoms with E-state index in [9.17, 15) is 9.50 Å². The lowest BCUT2D eigenvalue weighted by Crippen LogP contribution is -2.01. The minimum Gasteiger partial charge on any atom is -0.451 e. The second-order valence-electron chi connectivity index (χ2n) is 4.01. The normalized spacial score (nSPS) is 12.8. The van der Waals surface area contributed by atoms with Crippen molar-refractivity contribution in [2.24, 2.45) is 0 Å². The Hall–Kier alpha value is -1.13. The number of halogens is 2. The van der Waals surface area contributed by atoms with E-state index >= 15 is 0 Å². The third-order valence-electron chi connectivity index (χ3n) is 2.64. The highest BCUT2D eigenvalue weighted by atomic mass is 79.9. The van der Waals surface area contributed by atoms with Crippen LogP contribution in [0.4, 0.5) is 4.39 Å². The molecule has 17 heavy (non-hydrogen) atoms. The predicted molar refractivity (Wildman–Crippen MR) is 66.3 cm³/mol. The molecular weight excluding hydrogens is 287 g/mol. The van der Waals surface area contributed by atoms with Crippen LogP contribution in [0.25, 0.3) is 0 Å². The van der Waals surface area contributed by atoms with Crippen molar-refractivity contribution in [3.63, 3.8) is 0 Å². The minimum absolute atomic E-state index is 0.235. The topological polar surface area (TPSA) is 33.4 Å². The van der Waals surface area contributed by atoms with Crippen molar-refractivity contribution in [1.82, 2.24) is 0 Å². The third kappa shape index (κ3) is 2.42. The number of rotatable bonds is 2. The highest BCUT2D eigenvalue weighted by Crippen LogP contribution is 2.28. The fraction of sp³-hybridized carbons (Fsp3) is 0.231. The molecule has 0 radical (unpaired) electrons. The van der Waals surface area contributed by atoms with Crippen LogP contribution in [0.15, 0.2) is 33.4 Å². The number of aryl methyl sites for hydroxylation is 2. The summed E-state index contributed by atoms with van der Waals surface area (Å²) in [6, 6.07) is 6.65. The summed E-state index contributed by atoms with van der Waals surface area (Å²) in [6.45, 7) is 3.35. The molecule has 0 saturated carbocycles. The number of aliphatic hydroxyl groups excluding tert-OH is 1. The highest BCUT2D eigenvalue weighted by molar-refractivity contribution is 9.10. The zero-order valence-electron chi connectivity index (χ0n) is 9.50. The summed E-state index contributed by atoms with van der Waals surface area (Å²) in [5.74, 6) is 0.198. The van der Waals surface area contributed by atoms with Gasteiger partial charge in [0.05, 0.1) is 0 Å². The van der Waals surface area contributed by atoms with Gasteiger partial charge in [-0.3, -0.25) is 0 Å². The molecule has 2 rings (SSSR count). The average molecular weight is 299 g/mol. The Kier molecular flexibility index (Phi) is 3.35. The molecule has 0 spiro atoms. The van der Waals surface area contributed by atoms with E-state index in [1.54, 1.807) is 38.1 Å². The average Bonchev–Trinajstić information content (AvgIpc) is 2.71. The van der Waals surface area contributed by atoms with Gasteiger partial charge in [0.1, 0.15) is 17.7 Å². The van der Waals surface area contributed by atoms with Crippen LogP contribution in [0, 0.1) is 19.7 Å². The van der Waals surface area contributed by atoms with Crippen LogP contribution in [-0.4, -0.2) is 5.11 Å². The van der Waals surface area contributed by atoms with Crippen molar-refractivity contribution in [2.45, 2.75) is 20.0 Å². The summed E-state index contributed by atoms with van der Waals surface area (Å²) >= 11 is 3.18. The van der Waals surface area contributed by atoms with Gasteiger partial charge in [-0.25, -0.2) is 4.39 Å². The molecule has 0 aliphatic rings. The van der Waals surface area contributed by atoms with Crippen LogP contribution >= 0.6 is 15.9 Å². The lowest BCUT2D eigenvalue weighted by Gasteiger charge is -2.11. The molecule has 0 fully saturated rings. The first kappa shape index (κ1) is 12.3. The van der Waals surface area contributed by atoms with E-state index in [0.29, 0.717) is 27.1 Å². The summed E-state index contributed by atoms with van der Waals surface area (Å²) < 4.78 is 19.3. The van der Waals surface area contributed by atoms with Gasteiger partial charge in [-0.05, 0) is 58.6 Å². The van der Waals surface area contributed by atoms with E-state index in [2.05, 4.69) is 15.9 Å². The van der Waals surface area contributed by atoms with E-state index in [4.69, 9.17) is 4.42 Å². The van der Waals surface area contributed by atoms with Crippen LogP contribution in [0.3, 0.4) is 0 Å². The van der Waals surface area contributed by atoms with Crippen molar-refractivity contribution < 1.29 is 13.9 Å². The van der Waals surface area contributed by atoms with Crippen LogP contribution in [0.1, 0.15) is 28.6 Å². The molecule has 1 unspecified atom stereocenters. The molecule has 1 aromatic heterocycles. The van der Waals surface area contributed by atoms with Gasteiger partial charge in [0.2, 0.25) is 0 Å². The number of benzene rings is 1. The molecule has 4 heteroatoms. The monoisotopic (exact) mass is 298 g/mol. The van der Waals surface area contributed by atoms with Gasteiger partial charge in [-0.1, -0.05) is 12.1 Å². The zero-order valence-corrected chi connectivity index (χ0v) is 11.1. The predicted octanol–water partition coefficient (Wildman–Crippen LogP) is 3.88. The van der Waals surface area contributed by atoms with Crippen molar-refractivity contribution in [3.05, 3.63) is 57.2 Å². The maximum Gasteiger partial charge on any atom is 0.169 e. The minimum atomic E-state index is -0.876. The fourth-order valence-electron chi connectivity index (χ4n) is 1.78. The van der Waals surface area contributed by atoms with Gasteiger partial charge >= 0.3 is 0 Å². The van der Waals surface area contributed by atoms with Gasteiger partial charge in [-0.2, -0.15) is 0 Å². The SMILES string of the molecule is Cc1cc(C(O)c2ccc(Br)o2)cc(C)c1F. The Bertz CT molecular complexity index is 525. The maximum absolute atomic E-state index is 13.5. The van der Waals surface area contributed by atoms with Gasteiger partial charge in [0, 0.05) is 0 Å². The summed E-state index contributed by atoms with van der Waals surface area (Å²) in [6.07, 6.45) is -0.876. The molecule has 0 amide bonds. The molecule has 2 nitrogen and oxygen atoms in total. The molecule has 0 saturated heterocycles. The van der Waals surface area contributed by atoms with Crippen LogP contribution < -0.4 is 0 Å². The first-order chi connectivity index (χ1) is 7.99. The summed E-state index contributed by atoms with van der Waals surface area (Å²) in [7, 11) is 0. The van der Waals surface area contributed by atoms with Crippen molar-refractivity contribution in [2.75, 3.05) is 0 Å². The number of furan rings is 1. The van der Waals surface area contributed by atoms with Crippen LogP contribution in [0.2, 0.25) is 0 Å². The van der Waals surface area contributed by atoms with Gasteiger partial charge in [0.25, 0.3) is 0 Å². The Morgan fingerprint density at radius 1 is 1.24 bits per heavy atom. The Labute approximate surface area is 107 Å². The molecule has 0 aliphatic carbocycles. The van der Waals surface area contributed by atoms with Crippen molar-refractivity contribution >= 4 is 15.9 Å². The molecule has 1 N–H and O–H groups in total. The lowest BCUT2D eigenvalue weighted by molar-refractivity contribution is 0.187. The molecule has 90 valence electrons. The Balaban J connectivity index is 2.41. The number of aliphatic hydroxyl groups is 1. The van der Waals surface area contributed by atoms with Crippen molar-refractivity contribution in [3.8, 4) is 0 Å². The number of hydrogen-bond acceptors (Lipinski definition) is 2. The number of hydrogen-bond donors (Lipinski definition) is 1. The lowest BCUT2D eigenvalue weighted by atomic mass is 10.0. The smallest absolute Gasteiger partial charge is 0.169 e. The largest absolute Gasteiger partial charge is 0.451 e. The Morgan fingerprint density at radius 2 is 1.82 bits per heavy atom. The zero-order chi connectivity index (χ0) is 12.6.